The van der Waals surface area contributed by atoms with E-state index in [1.807, 2.05) is 19.3 Å². The Morgan fingerprint density at radius 2 is 2.47 bits per heavy atom. The molecule has 0 saturated heterocycles. The molecule has 0 aliphatic rings. The molecule has 0 spiro atoms. The Labute approximate surface area is 96.1 Å². The maximum atomic E-state index is 9.84. The summed E-state index contributed by atoms with van der Waals surface area (Å²) in [6.45, 7) is 0. The van der Waals surface area contributed by atoms with Gasteiger partial charge < -0.3 is 5.11 Å². The molecule has 2 rings (SSSR count). The summed E-state index contributed by atoms with van der Waals surface area (Å²) in [7, 11) is 1.84. The number of aliphatic hydroxyl groups is 1. The summed E-state index contributed by atoms with van der Waals surface area (Å²) in [5.74, 6) is 0. The molecule has 1 atom stereocenters. The van der Waals surface area contributed by atoms with E-state index in [0.717, 1.165) is 5.69 Å². The van der Waals surface area contributed by atoms with Crippen LogP contribution in [0.5, 0.6) is 0 Å². The van der Waals surface area contributed by atoms with Crippen molar-refractivity contribution in [2.24, 2.45) is 7.05 Å². The lowest BCUT2D eigenvalue weighted by atomic mass is 10.2. The second-order valence-electron chi connectivity index (χ2n) is 3.20. The van der Waals surface area contributed by atoms with Crippen LogP contribution in [-0.4, -0.2) is 19.9 Å². The van der Waals surface area contributed by atoms with Crippen molar-refractivity contribution in [1.82, 2.24) is 14.8 Å². The van der Waals surface area contributed by atoms with Crippen LogP contribution >= 0.6 is 22.9 Å². The average molecular weight is 244 g/mol. The van der Waals surface area contributed by atoms with Crippen LogP contribution < -0.4 is 0 Å². The largest absolute Gasteiger partial charge is 0.386 e. The predicted octanol–water partition coefficient (Wildman–Crippen LogP) is 1.81. The zero-order valence-electron chi connectivity index (χ0n) is 8.09. The Kier molecular flexibility index (Phi) is 3.04. The molecule has 0 fully saturated rings. The lowest BCUT2D eigenvalue weighted by Gasteiger charge is -2.03. The standard InChI is InChI=1S/C9H10ClN3OS/c1-13-3-2-6(12-13)4-7(14)9-11-5-8(10)15-9/h2-3,5,7,14H,4H2,1H3. The summed E-state index contributed by atoms with van der Waals surface area (Å²) in [4.78, 5) is 4.02. The van der Waals surface area contributed by atoms with Gasteiger partial charge in [0.2, 0.25) is 0 Å². The van der Waals surface area contributed by atoms with Gasteiger partial charge >= 0.3 is 0 Å². The van der Waals surface area contributed by atoms with Gasteiger partial charge in [0.15, 0.2) is 0 Å². The minimum atomic E-state index is -0.627. The van der Waals surface area contributed by atoms with Crippen molar-refractivity contribution in [2.75, 3.05) is 0 Å². The number of aliphatic hydroxyl groups excluding tert-OH is 1. The van der Waals surface area contributed by atoms with Gasteiger partial charge in [0, 0.05) is 19.7 Å². The maximum Gasteiger partial charge on any atom is 0.123 e. The molecule has 0 bridgehead atoms. The van der Waals surface area contributed by atoms with Gasteiger partial charge in [-0.15, -0.1) is 11.3 Å². The molecule has 2 aromatic heterocycles. The number of rotatable bonds is 3. The van der Waals surface area contributed by atoms with Crippen LogP contribution in [0.3, 0.4) is 0 Å². The van der Waals surface area contributed by atoms with E-state index >= 15 is 0 Å². The van der Waals surface area contributed by atoms with Gasteiger partial charge in [-0.25, -0.2) is 4.98 Å². The summed E-state index contributed by atoms with van der Waals surface area (Å²) < 4.78 is 2.29. The third-order valence-corrected chi connectivity index (χ3v) is 3.17. The zero-order chi connectivity index (χ0) is 10.8. The fourth-order valence-corrected chi connectivity index (χ4v) is 2.19. The molecule has 0 saturated carbocycles. The molecule has 0 radical (unpaired) electrons. The number of hydrogen-bond donors (Lipinski definition) is 1. The molecule has 2 heterocycles. The van der Waals surface area contributed by atoms with E-state index in [4.69, 9.17) is 11.6 Å². The number of hydrogen-bond acceptors (Lipinski definition) is 4. The smallest absolute Gasteiger partial charge is 0.123 e. The Balaban J connectivity index is 2.06. The average Bonchev–Trinajstić information content (AvgIpc) is 2.75. The SMILES string of the molecule is Cn1ccc(CC(O)c2ncc(Cl)s2)n1. The molecule has 0 aliphatic carbocycles. The first-order chi connectivity index (χ1) is 7.15. The molecule has 1 N–H and O–H groups in total. The fourth-order valence-electron chi connectivity index (χ4n) is 1.28. The third kappa shape index (κ3) is 2.56. The van der Waals surface area contributed by atoms with Crippen LogP contribution in [0.25, 0.3) is 0 Å². The Morgan fingerprint density at radius 1 is 1.67 bits per heavy atom. The first-order valence-electron chi connectivity index (χ1n) is 4.43. The minimum Gasteiger partial charge on any atom is -0.386 e. The highest BCUT2D eigenvalue weighted by Gasteiger charge is 2.13. The van der Waals surface area contributed by atoms with Crippen LogP contribution in [0, 0.1) is 0 Å². The second kappa shape index (κ2) is 4.30. The maximum absolute atomic E-state index is 9.84. The Bertz CT molecular complexity index is 454. The van der Waals surface area contributed by atoms with Crippen molar-refractivity contribution in [3.8, 4) is 0 Å². The van der Waals surface area contributed by atoms with Gasteiger partial charge in [-0.3, -0.25) is 4.68 Å². The van der Waals surface area contributed by atoms with Crippen molar-refractivity contribution in [1.29, 1.82) is 0 Å². The molecule has 4 nitrogen and oxygen atoms in total. The predicted molar refractivity (Wildman–Crippen MR) is 59.0 cm³/mol. The minimum absolute atomic E-state index is 0.463. The lowest BCUT2D eigenvalue weighted by molar-refractivity contribution is 0.176. The van der Waals surface area contributed by atoms with E-state index in [9.17, 15) is 5.11 Å². The van der Waals surface area contributed by atoms with Gasteiger partial charge in [-0.2, -0.15) is 5.10 Å². The van der Waals surface area contributed by atoms with Crippen LogP contribution in [-0.2, 0) is 13.5 Å². The van der Waals surface area contributed by atoms with Gasteiger partial charge in [0.1, 0.15) is 15.4 Å². The van der Waals surface area contributed by atoms with E-state index < -0.39 is 6.10 Å². The van der Waals surface area contributed by atoms with Crippen LogP contribution in [0.2, 0.25) is 4.34 Å². The van der Waals surface area contributed by atoms with E-state index in [2.05, 4.69) is 10.1 Å². The topological polar surface area (TPSA) is 50.9 Å². The highest BCUT2D eigenvalue weighted by molar-refractivity contribution is 7.15. The van der Waals surface area contributed by atoms with Crippen LogP contribution in [0.1, 0.15) is 16.8 Å². The quantitative estimate of drug-likeness (QED) is 0.895. The highest BCUT2D eigenvalue weighted by Crippen LogP contribution is 2.25. The van der Waals surface area contributed by atoms with Gasteiger partial charge in [0.25, 0.3) is 0 Å². The first kappa shape index (κ1) is 10.6. The zero-order valence-corrected chi connectivity index (χ0v) is 9.66. The molecule has 15 heavy (non-hydrogen) atoms. The van der Waals surface area contributed by atoms with Crippen molar-refractivity contribution in [3.05, 3.63) is 33.5 Å². The fraction of sp³-hybridized carbons (Fsp3) is 0.333. The Morgan fingerprint density at radius 3 is 3.00 bits per heavy atom. The van der Waals surface area contributed by atoms with Crippen molar-refractivity contribution < 1.29 is 5.11 Å². The normalized spacial score (nSPS) is 13.0. The van der Waals surface area contributed by atoms with Gasteiger partial charge in [-0.1, -0.05) is 11.6 Å². The van der Waals surface area contributed by atoms with E-state index in [1.54, 1.807) is 10.9 Å². The number of halogens is 1. The third-order valence-electron chi connectivity index (χ3n) is 1.95. The molecule has 0 aliphatic heterocycles. The molecule has 1 unspecified atom stereocenters. The number of aromatic nitrogens is 3. The van der Waals surface area contributed by atoms with Gasteiger partial charge in [0.05, 0.1) is 11.9 Å². The monoisotopic (exact) mass is 243 g/mol. The summed E-state index contributed by atoms with van der Waals surface area (Å²) in [6.07, 6.45) is 3.22. The summed E-state index contributed by atoms with van der Waals surface area (Å²) >= 11 is 7.03. The van der Waals surface area contributed by atoms with Crippen LogP contribution in [0.15, 0.2) is 18.5 Å². The summed E-state index contributed by atoms with van der Waals surface area (Å²) in [5.41, 5.74) is 0.844. The van der Waals surface area contributed by atoms with Gasteiger partial charge in [-0.05, 0) is 6.07 Å². The highest BCUT2D eigenvalue weighted by atomic mass is 35.5. The van der Waals surface area contributed by atoms with E-state index in [-0.39, 0.29) is 0 Å². The summed E-state index contributed by atoms with van der Waals surface area (Å²) in [6, 6.07) is 1.87. The second-order valence-corrected chi connectivity index (χ2v) is 4.90. The molecule has 2 aromatic rings. The molecule has 80 valence electrons. The number of nitrogens with zero attached hydrogens (tertiary/aromatic N) is 3. The molecular weight excluding hydrogens is 234 g/mol. The van der Waals surface area contributed by atoms with E-state index in [0.29, 0.717) is 15.8 Å². The first-order valence-corrected chi connectivity index (χ1v) is 5.62. The summed E-state index contributed by atoms with van der Waals surface area (Å²) in [5, 5.41) is 14.7. The number of aryl methyl sites for hydroxylation is 1. The Hall–Kier alpha value is -0.910. The van der Waals surface area contributed by atoms with E-state index in [1.165, 1.54) is 11.3 Å². The molecule has 0 amide bonds. The lowest BCUT2D eigenvalue weighted by Crippen LogP contribution is -2.02. The van der Waals surface area contributed by atoms with Crippen molar-refractivity contribution in [2.45, 2.75) is 12.5 Å². The van der Waals surface area contributed by atoms with Crippen LogP contribution in [0.4, 0.5) is 0 Å². The van der Waals surface area contributed by atoms with Crippen molar-refractivity contribution in [3.63, 3.8) is 0 Å². The number of thiazole rings is 1. The molecular formula is C9H10ClN3OS. The van der Waals surface area contributed by atoms with Crippen molar-refractivity contribution >= 4 is 22.9 Å². The molecule has 0 aromatic carbocycles. The molecule has 6 heteroatoms.